The third kappa shape index (κ3) is 4.03. The van der Waals surface area contributed by atoms with Gasteiger partial charge in [-0.25, -0.2) is 9.78 Å². The lowest BCUT2D eigenvalue weighted by Gasteiger charge is -2.32. The van der Waals surface area contributed by atoms with Gasteiger partial charge in [0.1, 0.15) is 0 Å². The van der Waals surface area contributed by atoms with E-state index in [1.54, 1.807) is 12.4 Å². The minimum atomic E-state index is -0.331. The number of likely N-dealkylation sites (tertiary alicyclic amines) is 1. The topological polar surface area (TPSA) is 79.0 Å². The second-order valence-corrected chi connectivity index (χ2v) is 5.87. The van der Waals surface area contributed by atoms with E-state index >= 15 is 0 Å². The van der Waals surface area contributed by atoms with Gasteiger partial charge in [-0.3, -0.25) is 9.78 Å². The summed E-state index contributed by atoms with van der Waals surface area (Å²) in [5.41, 5.74) is 1.62. The zero-order valence-corrected chi connectivity index (χ0v) is 12.9. The van der Waals surface area contributed by atoms with Gasteiger partial charge in [-0.2, -0.15) is 0 Å². The Labute approximate surface area is 134 Å². The standard InChI is InChI=1S/C17H20N4O2/c22-16(6-5-13-3-1-8-18-11-13)21-10-2-4-14(12-21)15-7-9-19-17(23)20-15/h1,3,7-9,11,14H,2,4-6,10,12H2,(H,19,20,23)/t14-/m1/s1. The maximum absolute atomic E-state index is 12.4. The maximum atomic E-state index is 12.4. The first-order chi connectivity index (χ1) is 11.2. The zero-order chi connectivity index (χ0) is 16.1. The van der Waals surface area contributed by atoms with Gasteiger partial charge in [-0.15, -0.1) is 0 Å². The number of nitrogens with zero attached hydrogens (tertiary/aromatic N) is 3. The number of pyridine rings is 1. The van der Waals surface area contributed by atoms with E-state index in [1.807, 2.05) is 23.1 Å². The Hall–Kier alpha value is -2.50. The molecule has 23 heavy (non-hydrogen) atoms. The van der Waals surface area contributed by atoms with Gasteiger partial charge in [-0.1, -0.05) is 6.07 Å². The number of piperidine rings is 1. The van der Waals surface area contributed by atoms with E-state index in [2.05, 4.69) is 15.0 Å². The molecule has 0 aromatic carbocycles. The number of aryl methyl sites for hydroxylation is 1. The van der Waals surface area contributed by atoms with Crippen molar-refractivity contribution in [3.63, 3.8) is 0 Å². The van der Waals surface area contributed by atoms with Crippen LogP contribution in [0.5, 0.6) is 0 Å². The first-order valence-electron chi connectivity index (χ1n) is 7.94. The van der Waals surface area contributed by atoms with E-state index in [-0.39, 0.29) is 17.5 Å². The third-order valence-electron chi connectivity index (χ3n) is 4.26. The molecule has 1 amide bonds. The molecule has 0 bridgehead atoms. The molecular weight excluding hydrogens is 292 g/mol. The van der Waals surface area contributed by atoms with Gasteiger partial charge in [0.25, 0.3) is 0 Å². The van der Waals surface area contributed by atoms with Gasteiger partial charge >= 0.3 is 5.69 Å². The van der Waals surface area contributed by atoms with Crippen molar-refractivity contribution in [1.29, 1.82) is 0 Å². The number of rotatable bonds is 4. The van der Waals surface area contributed by atoms with Crippen molar-refractivity contribution >= 4 is 5.91 Å². The van der Waals surface area contributed by atoms with Gasteiger partial charge in [0, 0.05) is 49.7 Å². The Morgan fingerprint density at radius 2 is 2.26 bits per heavy atom. The fourth-order valence-electron chi connectivity index (χ4n) is 3.03. The van der Waals surface area contributed by atoms with Crippen molar-refractivity contribution < 1.29 is 4.79 Å². The fourth-order valence-corrected chi connectivity index (χ4v) is 3.03. The van der Waals surface area contributed by atoms with Crippen LogP contribution in [0.25, 0.3) is 0 Å². The largest absolute Gasteiger partial charge is 0.345 e. The van der Waals surface area contributed by atoms with Gasteiger partial charge in [0.05, 0.1) is 0 Å². The van der Waals surface area contributed by atoms with Crippen molar-refractivity contribution in [2.24, 2.45) is 0 Å². The number of carbonyl (C=O) groups is 1. The van der Waals surface area contributed by atoms with Crippen LogP contribution >= 0.6 is 0 Å². The summed E-state index contributed by atoms with van der Waals surface area (Å²) in [5.74, 6) is 0.344. The summed E-state index contributed by atoms with van der Waals surface area (Å²) < 4.78 is 0. The second kappa shape index (κ2) is 7.17. The molecule has 6 nitrogen and oxygen atoms in total. The SMILES string of the molecule is O=C(CCc1cccnc1)N1CCC[C@@H](c2ccnc(=O)[nH]2)C1. The Morgan fingerprint density at radius 1 is 1.35 bits per heavy atom. The molecule has 0 saturated carbocycles. The Balaban J connectivity index is 1.59. The summed E-state index contributed by atoms with van der Waals surface area (Å²) >= 11 is 0. The Kier molecular flexibility index (Phi) is 4.80. The zero-order valence-electron chi connectivity index (χ0n) is 12.9. The normalized spacial score (nSPS) is 17.9. The van der Waals surface area contributed by atoms with E-state index in [4.69, 9.17) is 0 Å². The molecule has 1 aliphatic rings. The predicted octanol–water partition coefficient (Wildman–Crippen LogP) is 1.50. The highest BCUT2D eigenvalue weighted by Gasteiger charge is 2.25. The van der Waals surface area contributed by atoms with Crippen LogP contribution in [0.2, 0.25) is 0 Å². The van der Waals surface area contributed by atoms with E-state index in [1.165, 1.54) is 6.20 Å². The second-order valence-electron chi connectivity index (χ2n) is 5.87. The first kappa shape index (κ1) is 15.4. The van der Waals surface area contributed by atoms with Crippen LogP contribution < -0.4 is 5.69 Å². The van der Waals surface area contributed by atoms with Crippen LogP contribution in [0.1, 0.15) is 36.4 Å². The van der Waals surface area contributed by atoms with Crippen molar-refractivity contribution in [2.75, 3.05) is 13.1 Å². The summed E-state index contributed by atoms with van der Waals surface area (Å²) in [6.45, 7) is 1.45. The molecule has 0 spiro atoms. The molecule has 120 valence electrons. The molecule has 0 radical (unpaired) electrons. The van der Waals surface area contributed by atoms with Crippen LogP contribution in [0, 0.1) is 0 Å². The van der Waals surface area contributed by atoms with Gasteiger partial charge in [-0.05, 0) is 37.0 Å². The lowest BCUT2D eigenvalue weighted by Crippen LogP contribution is -2.39. The molecule has 3 rings (SSSR count). The summed E-state index contributed by atoms with van der Waals surface area (Å²) in [7, 11) is 0. The predicted molar refractivity (Wildman–Crippen MR) is 86.0 cm³/mol. The number of amides is 1. The minimum absolute atomic E-state index is 0.162. The van der Waals surface area contributed by atoms with Crippen molar-refractivity contribution in [3.8, 4) is 0 Å². The minimum Gasteiger partial charge on any atom is -0.342 e. The average Bonchev–Trinajstić information content (AvgIpc) is 2.61. The molecule has 1 aliphatic heterocycles. The van der Waals surface area contributed by atoms with Crippen LogP contribution in [0.15, 0.2) is 41.6 Å². The fraction of sp³-hybridized carbons (Fsp3) is 0.412. The van der Waals surface area contributed by atoms with Crippen LogP contribution in [-0.2, 0) is 11.2 Å². The molecular formula is C17H20N4O2. The van der Waals surface area contributed by atoms with Gasteiger partial charge in [0.15, 0.2) is 0 Å². The molecule has 0 aliphatic carbocycles. The van der Waals surface area contributed by atoms with E-state index in [0.717, 1.165) is 30.6 Å². The molecule has 1 N–H and O–H groups in total. The van der Waals surface area contributed by atoms with E-state index in [0.29, 0.717) is 19.4 Å². The van der Waals surface area contributed by atoms with Gasteiger partial charge in [0.2, 0.25) is 5.91 Å². The van der Waals surface area contributed by atoms with Crippen LogP contribution in [0.4, 0.5) is 0 Å². The van der Waals surface area contributed by atoms with E-state index in [9.17, 15) is 9.59 Å². The first-order valence-corrected chi connectivity index (χ1v) is 7.94. The van der Waals surface area contributed by atoms with Crippen LogP contribution in [-0.4, -0.2) is 38.8 Å². The lowest BCUT2D eigenvalue weighted by molar-refractivity contribution is -0.132. The van der Waals surface area contributed by atoms with Crippen molar-refractivity contribution in [2.45, 2.75) is 31.6 Å². The Bertz CT molecular complexity index is 714. The average molecular weight is 312 g/mol. The molecule has 1 saturated heterocycles. The van der Waals surface area contributed by atoms with E-state index < -0.39 is 0 Å². The number of nitrogens with one attached hydrogen (secondary N) is 1. The number of carbonyl (C=O) groups excluding carboxylic acids is 1. The summed E-state index contributed by atoms with van der Waals surface area (Å²) in [4.78, 5) is 36.2. The van der Waals surface area contributed by atoms with Crippen molar-refractivity contribution in [3.05, 3.63) is 58.5 Å². The van der Waals surface area contributed by atoms with Gasteiger partial charge < -0.3 is 9.88 Å². The smallest absolute Gasteiger partial charge is 0.342 e. The summed E-state index contributed by atoms with van der Waals surface area (Å²) in [6.07, 6.45) is 8.19. The van der Waals surface area contributed by atoms with Crippen LogP contribution in [0.3, 0.4) is 0 Å². The summed E-state index contributed by atoms with van der Waals surface area (Å²) in [6, 6.07) is 5.70. The number of hydrogen-bond donors (Lipinski definition) is 1. The number of aromatic amines is 1. The number of aromatic nitrogens is 3. The molecule has 1 fully saturated rings. The van der Waals surface area contributed by atoms with Crippen molar-refractivity contribution in [1.82, 2.24) is 19.9 Å². The third-order valence-corrected chi connectivity index (χ3v) is 4.26. The lowest BCUT2D eigenvalue weighted by atomic mass is 9.94. The Morgan fingerprint density at radius 3 is 3.04 bits per heavy atom. The summed E-state index contributed by atoms with van der Waals surface area (Å²) in [5, 5.41) is 0. The highest BCUT2D eigenvalue weighted by Crippen LogP contribution is 2.25. The molecule has 0 unspecified atom stereocenters. The molecule has 2 aromatic rings. The molecule has 1 atom stereocenters. The highest BCUT2D eigenvalue weighted by molar-refractivity contribution is 5.76. The highest BCUT2D eigenvalue weighted by atomic mass is 16.2. The monoisotopic (exact) mass is 312 g/mol. The molecule has 2 aromatic heterocycles. The molecule has 3 heterocycles. The number of hydrogen-bond acceptors (Lipinski definition) is 4. The quantitative estimate of drug-likeness (QED) is 0.928. The molecule has 6 heteroatoms. The maximum Gasteiger partial charge on any atom is 0.345 e. The number of H-pyrrole nitrogens is 1.